The molecule has 0 aliphatic heterocycles. The van der Waals surface area contributed by atoms with Crippen LogP contribution in [0.15, 0.2) is 22.7 Å². The minimum atomic E-state index is 0.673. The van der Waals surface area contributed by atoms with Crippen LogP contribution in [0.1, 0.15) is 51.0 Å². The molecule has 0 radical (unpaired) electrons. The highest BCUT2D eigenvalue weighted by Gasteiger charge is 2.20. The lowest BCUT2D eigenvalue weighted by molar-refractivity contribution is 0.319. The Labute approximate surface area is 119 Å². The van der Waals surface area contributed by atoms with Crippen LogP contribution in [-0.4, -0.2) is 6.04 Å². The first-order valence-electron chi connectivity index (χ1n) is 7.21. The molecule has 0 spiro atoms. The molecule has 1 nitrogen and oxygen atoms in total. The fourth-order valence-electron chi connectivity index (χ4n) is 3.06. The molecule has 18 heavy (non-hydrogen) atoms. The molecule has 1 saturated carbocycles. The van der Waals surface area contributed by atoms with E-state index < -0.39 is 0 Å². The molecule has 100 valence electrons. The van der Waals surface area contributed by atoms with E-state index in [1.54, 1.807) is 0 Å². The maximum Gasteiger partial charge on any atom is 0.0356 e. The summed E-state index contributed by atoms with van der Waals surface area (Å²) in [6, 6.07) is 7.25. The summed E-state index contributed by atoms with van der Waals surface area (Å²) < 4.78 is 1.17. The van der Waals surface area contributed by atoms with E-state index >= 15 is 0 Å². The topological polar surface area (TPSA) is 12.0 Å². The van der Waals surface area contributed by atoms with Gasteiger partial charge in [0.1, 0.15) is 0 Å². The van der Waals surface area contributed by atoms with Crippen LogP contribution in [0, 0.1) is 12.8 Å². The average molecular weight is 310 g/mol. The second-order valence-electron chi connectivity index (χ2n) is 5.67. The number of anilines is 1. The summed E-state index contributed by atoms with van der Waals surface area (Å²) in [5.41, 5.74) is 2.58. The van der Waals surface area contributed by atoms with Gasteiger partial charge in [0.15, 0.2) is 0 Å². The zero-order chi connectivity index (χ0) is 13.0. The lowest BCUT2D eigenvalue weighted by Crippen LogP contribution is -2.26. The van der Waals surface area contributed by atoms with Crippen LogP contribution in [0.4, 0.5) is 5.69 Å². The standard InChI is InChI=1S/C16H24BrN/c1-3-4-13-5-7-15(8-6-13)18-16-10-12(2)9-14(17)11-16/h9-11,13,15,18H,3-8H2,1-2H3. The Morgan fingerprint density at radius 3 is 2.50 bits per heavy atom. The van der Waals surface area contributed by atoms with E-state index in [4.69, 9.17) is 0 Å². The Balaban J connectivity index is 1.87. The first-order chi connectivity index (χ1) is 8.67. The predicted octanol–water partition coefficient (Wildman–Crippen LogP) is 5.53. The van der Waals surface area contributed by atoms with Crippen LogP contribution < -0.4 is 5.32 Å². The summed E-state index contributed by atoms with van der Waals surface area (Å²) in [5.74, 6) is 0.984. The van der Waals surface area contributed by atoms with Crippen molar-refractivity contribution in [3.8, 4) is 0 Å². The zero-order valence-corrected chi connectivity index (χ0v) is 13.1. The van der Waals surface area contributed by atoms with Crippen LogP contribution in [-0.2, 0) is 0 Å². The van der Waals surface area contributed by atoms with Gasteiger partial charge < -0.3 is 5.32 Å². The third kappa shape index (κ3) is 4.01. The fourth-order valence-corrected chi connectivity index (χ4v) is 3.67. The lowest BCUT2D eigenvalue weighted by Gasteiger charge is -2.29. The number of aryl methyl sites for hydroxylation is 1. The number of rotatable bonds is 4. The van der Waals surface area contributed by atoms with E-state index in [9.17, 15) is 0 Å². The largest absolute Gasteiger partial charge is 0.382 e. The van der Waals surface area contributed by atoms with Crippen LogP contribution in [0.2, 0.25) is 0 Å². The molecule has 0 heterocycles. The second kappa shape index (κ2) is 6.60. The average Bonchev–Trinajstić information content (AvgIpc) is 2.31. The molecule has 1 aliphatic carbocycles. The molecule has 0 atom stereocenters. The minimum Gasteiger partial charge on any atom is -0.382 e. The van der Waals surface area contributed by atoms with Gasteiger partial charge in [0.2, 0.25) is 0 Å². The fraction of sp³-hybridized carbons (Fsp3) is 0.625. The molecule has 2 rings (SSSR count). The Morgan fingerprint density at radius 1 is 1.17 bits per heavy atom. The van der Waals surface area contributed by atoms with Gasteiger partial charge in [0.05, 0.1) is 0 Å². The molecule has 0 amide bonds. The second-order valence-corrected chi connectivity index (χ2v) is 6.58. The van der Waals surface area contributed by atoms with Gasteiger partial charge in [-0.15, -0.1) is 0 Å². The number of benzene rings is 1. The highest BCUT2D eigenvalue weighted by Crippen LogP contribution is 2.30. The highest BCUT2D eigenvalue weighted by molar-refractivity contribution is 9.10. The molecule has 0 aromatic heterocycles. The monoisotopic (exact) mass is 309 g/mol. The SMILES string of the molecule is CCCC1CCC(Nc2cc(C)cc(Br)c2)CC1. The summed E-state index contributed by atoms with van der Waals surface area (Å²) in [7, 11) is 0. The van der Waals surface area contributed by atoms with E-state index in [-0.39, 0.29) is 0 Å². The molecule has 0 saturated heterocycles. The van der Waals surface area contributed by atoms with Gasteiger partial charge in [-0.05, 0) is 62.3 Å². The molecule has 1 fully saturated rings. The van der Waals surface area contributed by atoms with Gasteiger partial charge in [0, 0.05) is 16.2 Å². The quantitative estimate of drug-likeness (QED) is 0.771. The molecule has 1 aromatic rings. The van der Waals surface area contributed by atoms with E-state index in [0.717, 1.165) is 5.92 Å². The van der Waals surface area contributed by atoms with Crippen molar-refractivity contribution in [2.75, 3.05) is 5.32 Å². The van der Waals surface area contributed by atoms with Crippen molar-refractivity contribution in [1.82, 2.24) is 0 Å². The smallest absolute Gasteiger partial charge is 0.0356 e. The summed E-state index contributed by atoms with van der Waals surface area (Å²) in [6.45, 7) is 4.45. The maximum absolute atomic E-state index is 3.70. The Hall–Kier alpha value is -0.500. The normalized spacial score (nSPS) is 23.9. The van der Waals surface area contributed by atoms with Gasteiger partial charge in [0.25, 0.3) is 0 Å². The van der Waals surface area contributed by atoms with Crippen molar-refractivity contribution in [1.29, 1.82) is 0 Å². The maximum atomic E-state index is 3.70. The van der Waals surface area contributed by atoms with Gasteiger partial charge >= 0.3 is 0 Å². The van der Waals surface area contributed by atoms with Gasteiger partial charge in [-0.2, -0.15) is 0 Å². The number of nitrogens with one attached hydrogen (secondary N) is 1. The third-order valence-electron chi connectivity index (χ3n) is 3.96. The summed E-state index contributed by atoms with van der Waals surface area (Å²) in [6.07, 6.45) is 8.22. The van der Waals surface area contributed by atoms with Crippen LogP contribution in [0.5, 0.6) is 0 Å². The van der Waals surface area contributed by atoms with Gasteiger partial charge in [-0.1, -0.05) is 35.7 Å². The summed E-state index contributed by atoms with van der Waals surface area (Å²) in [5, 5.41) is 3.70. The third-order valence-corrected chi connectivity index (χ3v) is 4.41. The minimum absolute atomic E-state index is 0.673. The van der Waals surface area contributed by atoms with E-state index in [1.807, 2.05) is 0 Å². The van der Waals surface area contributed by atoms with Crippen LogP contribution in [0.3, 0.4) is 0 Å². The van der Waals surface area contributed by atoms with Crippen molar-refractivity contribution in [3.05, 3.63) is 28.2 Å². The molecular formula is C16H24BrN. The Morgan fingerprint density at radius 2 is 1.89 bits per heavy atom. The molecular weight excluding hydrogens is 286 g/mol. The van der Waals surface area contributed by atoms with Crippen LogP contribution >= 0.6 is 15.9 Å². The summed E-state index contributed by atoms with van der Waals surface area (Å²) >= 11 is 3.57. The van der Waals surface area contributed by atoms with Crippen molar-refractivity contribution in [3.63, 3.8) is 0 Å². The van der Waals surface area contributed by atoms with Crippen molar-refractivity contribution < 1.29 is 0 Å². The van der Waals surface area contributed by atoms with Crippen LogP contribution in [0.25, 0.3) is 0 Å². The number of hydrogen-bond acceptors (Lipinski definition) is 1. The molecule has 0 unspecified atom stereocenters. The van der Waals surface area contributed by atoms with Gasteiger partial charge in [-0.3, -0.25) is 0 Å². The molecule has 1 N–H and O–H groups in total. The predicted molar refractivity (Wildman–Crippen MR) is 83.2 cm³/mol. The van der Waals surface area contributed by atoms with Crippen molar-refractivity contribution in [2.24, 2.45) is 5.92 Å². The van der Waals surface area contributed by atoms with Gasteiger partial charge in [-0.25, -0.2) is 0 Å². The number of halogens is 1. The molecule has 1 aromatic carbocycles. The zero-order valence-electron chi connectivity index (χ0n) is 11.5. The highest BCUT2D eigenvalue weighted by atomic mass is 79.9. The Kier molecular flexibility index (Phi) is 5.11. The molecule has 1 aliphatic rings. The lowest BCUT2D eigenvalue weighted by atomic mass is 9.83. The first kappa shape index (κ1) is 13.9. The van der Waals surface area contributed by atoms with E-state index in [1.165, 1.54) is 54.2 Å². The summed E-state index contributed by atoms with van der Waals surface area (Å²) in [4.78, 5) is 0. The van der Waals surface area contributed by atoms with E-state index in [0.29, 0.717) is 6.04 Å². The van der Waals surface area contributed by atoms with E-state index in [2.05, 4.69) is 53.3 Å². The van der Waals surface area contributed by atoms with Crippen molar-refractivity contribution >= 4 is 21.6 Å². The van der Waals surface area contributed by atoms with Crippen molar-refractivity contribution in [2.45, 2.75) is 58.4 Å². The first-order valence-corrected chi connectivity index (χ1v) is 8.00. The molecule has 2 heteroatoms. The molecule has 0 bridgehead atoms. The Bertz CT molecular complexity index is 360. The number of hydrogen-bond donors (Lipinski definition) is 1.